The Labute approximate surface area is 349 Å². The van der Waals surface area contributed by atoms with Gasteiger partial charge in [0.2, 0.25) is 0 Å². The number of hydrogen-bond acceptors (Lipinski definition) is 1. The second-order valence-electron chi connectivity index (χ2n) is 15.7. The SMILES string of the molecule is c1ccc(-c2cccc(N(c3cccc(-c4cc5c6c(cccc6c4)-c4ccccc4-5)c3)c3ccc(-n4c5ccccc5c5ccccc54)c(-c4ccccc4)c3)c2)cc1. The van der Waals surface area contributed by atoms with Crippen molar-refractivity contribution in [1.82, 2.24) is 4.57 Å². The van der Waals surface area contributed by atoms with Crippen LogP contribution in [0, 0.1) is 0 Å². The maximum Gasteiger partial charge on any atom is 0.0542 e. The number of anilines is 3. The van der Waals surface area contributed by atoms with Gasteiger partial charge in [0.25, 0.3) is 0 Å². The van der Waals surface area contributed by atoms with Gasteiger partial charge in [-0.1, -0.05) is 164 Å². The van der Waals surface area contributed by atoms with E-state index in [9.17, 15) is 0 Å². The molecule has 1 aromatic heterocycles. The van der Waals surface area contributed by atoms with Crippen molar-refractivity contribution >= 4 is 49.6 Å². The van der Waals surface area contributed by atoms with Crippen LogP contribution in [0.1, 0.15) is 0 Å². The fourth-order valence-electron chi connectivity index (χ4n) is 9.60. The van der Waals surface area contributed by atoms with Gasteiger partial charge in [-0.15, -0.1) is 0 Å². The molecule has 280 valence electrons. The minimum absolute atomic E-state index is 1.08. The average Bonchev–Trinajstić information content (AvgIpc) is 3.83. The van der Waals surface area contributed by atoms with E-state index < -0.39 is 0 Å². The topological polar surface area (TPSA) is 8.17 Å². The van der Waals surface area contributed by atoms with E-state index in [1.807, 2.05) is 0 Å². The number of nitrogens with zero attached hydrogens (tertiary/aromatic N) is 2. The predicted molar refractivity (Wildman–Crippen MR) is 254 cm³/mol. The van der Waals surface area contributed by atoms with E-state index in [1.54, 1.807) is 0 Å². The maximum absolute atomic E-state index is 2.44. The summed E-state index contributed by atoms with van der Waals surface area (Å²) >= 11 is 0. The summed E-state index contributed by atoms with van der Waals surface area (Å²) in [6.45, 7) is 0. The minimum Gasteiger partial charge on any atom is -0.310 e. The van der Waals surface area contributed by atoms with Crippen molar-refractivity contribution < 1.29 is 0 Å². The molecule has 0 radical (unpaired) electrons. The normalized spacial score (nSPS) is 11.7. The first kappa shape index (κ1) is 34.1. The summed E-state index contributed by atoms with van der Waals surface area (Å²) in [4.78, 5) is 2.42. The van der Waals surface area contributed by atoms with E-state index in [1.165, 1.54) is 77.1 Å². The van der Waals surface area contributed by atoms with Gasteiger partial charge >= 0.3 is 0 Å². The number of rotatable bonds is 7. The van der Waals surface area contributed by atoms with E-state index >= 15 is 0 Å². The molecule has 11 aromatic rings. The molecule has 12 rings (SSSR count). The van der Waals surface area contributed by atoms with Gasteiger partial charge in [-0.05, 0) is 128 Å². The Morgan fingerprint density at radius 3 is 1.48 bits per heavy atom. The number of hydrogen-bond donors (Lipinski definition) is 0. The van der Waals surface area contributed by atoms with E-state index in [0.29, 0.717) is 0 Å². The number of benzene rings is 10. The standard InChI is InChI=1S/C58H38N2/c1-3-16-39(17-4-1)41-20-13-23-45(35-41)59(46-24-14-21-42(36-46)44-34-43-22-15-29-52-48-25-7-8-26-49(48)54(37-44)58(43)52)47-32-33-57(53(38-47)40-18-5-2-6-19-40)60-55-30-11-9-27-50(55)51-28-10-12-31-56(51)60/h1-38H. The first-order valence-electron chi connectivity index (χ1n) is 20.7. The lowest BCUT2D eigenvalue weighted by Gasteiger charge is -2.28. The minimum atomic E-state index is 1.08. The fourth-order valence-corrected chi connectivity index (χ4v) is 9.60. The van der Waals surface area contributed by atoms with Gasteiger partial charge in [0.1, 0.15) is 0 Å². The molecule has 1 aliphatic carbocycles. The highest BCUT2D eigenvalue weighted by atomic mass is 15.1. The molecule has 2 heteroatoms. The van der Waals surface area contributed by atoms with Crippen LogP contribution in [0.25, 0.3) is 93.9 Å². The third-order valence-electron chi connectivity index (χ3n) is 12.3. The van der Waals surface area contributed by atoms with Crippen LogP contribution in [0.3, 0.4) is 0 Å². The van der Waals surface area contributed by atoms with Gasteiger partial charge in [0, 0.05) is 33.4 Å². The highest BCUT2D eigenvalue weighted by Gasteiger charge is 2.23. The zero-order valence-electron chi connectivity index (χ0n) is 32.8. The molecule has 0 atom stereocenters. The number of aromatic nitrogens is 1. The molecule has 0 amide bonds. The van der Waals surface area contributed by atoms with Gasteiger partial charge in [-0.3, -0.25) is 0 Å². The molecule has 0 unspecified atom stereocenters. The molecular weight excluding hydrogens is 725 g/mol. The second kappa shape index (κ2) is 13.9. The molecule has 1 aliphatic rings. The molecule has 0 fully saturated rings. The lowest BCUT2D eigenvalue weighted by molar-refractivity contribution is 1.17. The lowest BCUT2D eigenvalue weighted by Crippen LogP contribution is -2.11. The van der Waals surface area contributed by atoms with Crippen LogP contribution in [0.15, 0.2) is 231 Å². The van der Waals surface area contributed by atoms with Gasteiger partial charge < -0.3 is 9.47 Å². The average molecular weight is 763 g/mol. The maximum atomic E-state index is 2.44. The molecule has 10 aromatic carbocycles. The van der Waals surface area contributed by atoms with Crippen molar-refractivity contribution in [3.63, 3.8) is 0 Å². The van der Waals surface area contributed by atoms with Crippen molar-refractivity contribution in [3.8, 4) is 61.3 Å². The Balaban J connectivity index is 1.07. The Bertz CT molecular complexity index is 3380. The summed E-state index contributed by atoms with van der Waals surface area (Å²) in [6, 6.07) is 84.3. The Morgan fingerprint density at radius 1 is 0.283 bits per heavy atom. The summed E-state index contributed by atoms with van der Waals surface area (Å²) in [5.41, 5.74) is 19.1. The summed E-state index contributed by atoms with van der Waals surface area (Å²) in [6.07, 6.45) is 0. The highest BCUT2D eigenvalue weighted by Crippen LogP contribution is 2.49. The van der Waals surface area contributed by atoms with Crippen LogP contribution in [0.5, 0.6) is 0 Å². The van der Waals surface area contributed by atoms with Crippen molar-refractivity contribution in [1.29, 1.82) is 0 Å². The number of para-hydroxylation sites is 2. The largest absolute Gasteiger partial charge is 0.310 e. The van der Waals surface area contributed by atoms with Crippen LogP contribution in [-0.2, 0) is 0 Å². The van der Waals surface area contributed by atoms with E-state index in [-0.39, 0.29) is 0 Å². The first-order chi connectivity index (χ1) is 29.8. The van der Waals surface area contributed by atoms with Gasteiger partial charge in [0.15, 0.2) is 0 Å². The summed E-state index contributed by atoms with van der Waals surface area (Å²) < 4.78 is 2.44. The highest BCUT2D eigenvalue weighted by molar-refractivity contribution is 6.16. The molecule has 0 saturated heterocycles. The molecule has 1 heterocycles. The van der Waals surface area contributed by atoms with Crippen molar-refractivity contribution in [3.05, 3.63) is 231 Å². The summed E-state index contributed by atoms with van der Waals surface area (Å²) in [5, 5.41) is 5.11. The predicted octanol–water partition coefficient (Wildman–Crippen LogP) is 16.1. The number of fused-ring (bicyclic) bond motifs is 6. The van der Waals surface area contributed by atoms with Crippen LogP contribution >= 0.6 is 0 Å². The summed E-state index contributed by atoms with van der Waals surface area (Å²) in [5.74, 6) is 0. The summed E-state index contributed by atoms with van der Waals surface area (Å²) in [7, 11) is 0. The van der Waals surface area contributed by atoms with Gasteiger partial charge in [-0.2, -0.15) is 0 Å². The Kier molecular flexibility index (Phi) is 7.89. The molecule has 0 N–H and O–H groups in total. The van der Waals surface area contributed by atoms with Crippen molar-refractivity contribution in [2.75, 3.05) is 4.90 Å². The van der Waals surface area contributed by atoms with Crippen LogP contribution < -0.4 is 4.90 Å². The molecule has 0 spiro atoms. The smallest absolute Gasteiger partial charge is 0.0542 e. The van der Waals surface area contributed by atoms with Gasteiger partial charge in [0.05, 0.1) is 16.7 Å². The lowest BCUT2D eigenvalue weighted by atomic mass is 9.95. The molecule has 60 heavy (non-hydrogen) atoms. The van der Waals surface area contributed by atoms with Gasteiger partial charge in [-0.25, -0.2) is 0 Å². The van der Waals surface area contributed by atoms with E-state index in [4.69, 9.17) is 0 Å². The molecular formula is C58H38N2. The second-order valence-corrected chi connectivity index (χ2v) is 15.7. The first-order valence-corrected chi connectivity index (χ1v) is 20.7. The van der Waals surface area contributed by atoms with Crippen LogP contribution in [0.2, 0.25) is 0 Å². The molecule has 0 bridgehead atoms. The molecule has 0 saturated carbocycles. The zero-order chi connectivity index (χ0) is 39.6. The molecule has 2 nitrogen and oxygen atoms in total. The zero-order valence-corrected chi connectivity index (χ0v) is 32.8. The van der Waals surface area contributed by atoms with E-state index in [0.717, 1.165) is 33.9 Å². The fraction of sp³-hybridized carbons (Fsp3) is 0. The van der Waals surface area contributed by atoms with E-state index in [2.05, 4.69) is 240 Å². The third-order valence-corrected chi connectivity index (χ3v) is 12.3. The quantitative estimate of drug-likeness (QED) is 0.157. The molecule has 0 aliphatic heterocycles. The Hall–Kier alpha value is -7.94. The monoisotopic (exact) mass is 762 g/mol. The Morgan fingerprint density at radius 2 is 0.800 bits per heavy atom. The third kappa shape index (κ3) is 5.50. The van der Waals surface area contributed by atoms with Crippen molar-refractivity contribution in [2.45, 2.75) is 0 Å². The van der Waals surface area contributed by atoms with Crippen LogP contribution in [0.4, 0.5) is 17.1 Å². The van der Waals surface area contributed by atoms with Crippen LogP contribution in [-0.4, -0.2) is 4.57 Å². The van der Waals surface area contributed by atoms with Crippen molar-refractivity contribution in [2.24, 2.45) is 0 Å².